The Morgan fingerprint density at radius 3 is 2.52 bits per heavy atom. The molecule has 1 unspecified atom stereocenters. The van der Waals surface area contributed by atoms with Crippen LogP contribution in [0.1, 0.15) is 21.6 Å². The van der Waals surface area contributed by atoms with Gasteiger partial charge < -0.3 is 24.8 Å². The number of aromatic amines is 1. The Hall–Kier alpha value is -3.81. The molecule has 13 heteroatoms. The number of H-pyrrole nitrogens is 1. The van der Waals surface area contributed by atoms with Crippen molar-refractivity contribution in [2.24, 2.45) is 0 Å². The standard InChI is InChI=1S/C20H16BFN4O7/c21-19(22,29)20(30,31)33-14-2-1-12(23-8-14)10-32-13-3-4-15-11(7-13)9-26(18(15)28)16-5-6-17(27)25-24-16/h1-8,29-31H,9-10H2,(H,25,27). The van der Waals surface area contributed by atoms with Crippen LogP contribution in [0.4, 0.5) is 10.2 Å². The first-order valence-electron chi connectivity index (χ1n) is 9.46. The van der Waals surface area contributed by atoms with Gasteiger partial charge in [0.05, 0.1) is 18.4 Å². The molecule has 168 valence electrons. The first-order valence-corrected chi connectivity index (χ1v) is 9.46. The van der Waals surface area contributed by atoms with E-state index in [4.69, 9.17) is 9.84 Å². The van der Waals surface area contributed by atoms with Gasteiger partial charge in [-0.3, -0.25) is 19.5 Å². The Bertz CT molecular complexity index is 1220. The molecule has 2 radical (unpaired) electrons. The number of hydrogen-bond acceptors (Lipinski definition) is 9. The van der Waals surface area contributed by atoms with Crippen molar-refractivity contribution in [1.29, 1.82) is 0 Å². The van der Waals surface area contributed by atoms with Crippen molar-refractivity contribution in [1.82, 2.24) is 15.2 Å². The second-order valence-electron chi connectivity index (χ2n) is 7.15. The van der Waals surface area contributed by atoms with Crippen LogP contribution < -0.4 is 19.9 Å². The lowest BCUT2D eigenvalue weighted by Gasteiger charge is -2.30. The lowest BCUT2D eigenvalue weighted by molar-refractivity contribution is -0.381. The number of carbonyl (C=O) groups is 1. The van der Waals surface area contributed by atoms with Crippen molar-refractivity contribution in [3.8, 4) is 11.5 Å². The molecule has 1 aromatic carbocycles. The van der Waals surface area contributed by atoms with Gasteiger partial charge in [-0.15, -0.1) is 0 Å². The van der Waals surface area contributed by atoms with Gasteiger partial charge in [0.15, 0.2) is 13.7 Å². The van der Waals surface area contributed by atoms with Gasteiger partial charge in [-0.2, -0.15) is 5.10 Å². The highest BCUT2D eigenvalue weighted by Gasteiger charge is 2.47. The lowest BCUT2D eigenvalue weighted by atomic mass is 9.94. The molecule has 0 bridgehead atoms. The summed E-state index contributed by atoms with van der Waals surface area (Å²) in [7, 11) is 4.58. The number of rotatable bonds is 7. The number of carbonyl (C=O) groups excluding carboxylic acids is 1. The minimum atomic E-state index is -3.91. The van der Waals surface area contributed by atoms with Crippen molar-refractivity contribution in [3.05, 3.63) is 75.8 Å². The van der Waals surface area contributed by atoms with Gasteiger partial charge in [-0.1, -0.05) is 0 Å². The molecule has 11 nitrogen and oxygen atoms in total. The zero-order valence-corrected chi connectivity index (χ0v) is 16.8. The van der Waals surface area contributed by atoms with E-state index < -0.39 is 11.7 Å². The lowest BCUT2D eigenvalue weighted by Crippen LogP contribution is -2.56. The Balaban J connectivity index is 1.40. The smallest absolute Gasteiger partial charge is 0.373 e. The monoisotopic (exact) mass is 454 g/mol. The Morgan fingerprint density at radius 2 is 1.88 bits per heavy atom. The summed E-state index contributed by atoms with van der Waals surface area (Å²) < 4.78 is 23.3. The number of anilines is 1. The summed E-state index contributed by atoms with van der Waals surface area (Å²) in [4.78, 5) is 29.2. The molecule has 4 N–H and O–H groups in total. The highest BCUT2D eigenvalue weighted by molar-refractivity contribution is 6.13. The number of amides is 1. The van der Waals surface area contributed by atoms with E-state index in [1.165, 1.54) is 29.2 Å². The highest BCUT2D eigenvalue weighted by atomic mass is 19.2. The van der Waals surface area contributed by atoms with Gasteiger partial charge in [-0.05, 0) is 42.0 Å². The van der Waals surface area contributed by atoms with Crippen LogP contribution in [0.25, 0.3) is 0 Å². The van der Waals surface area contributed by atoms with E-state index in [2.05, 4.69) is 27.8 Å². The molecule has 1 aliphatic rings. The fourth-order valence-electron chi connectivity index (χ4n) is 3.01. The van der Waals surface area contributed by atoms with Crippen molar-refractivity contribution in [2.45, 2.75) is 24.9 Å². The third-order valence-corrected chi connectivity index (χ3v) is 4.72. The van der Waals surface area contributed by atoms with Crippen LogP contribution in [0.5, 0.6) is 11.5 Å². The van der Waals surface area contributed by atoms with Crippen LogP contribution in [-0.2, 0) is 13.2 Å². The number of aliphatic hydroxyl groups is 3. The fraction of sp³-hybridized carbons (Fsp3) is 0.200. The molecule has 0 aliphatic carbocycles. The molecule has 1 aliphatic heterocycles. The van der Waals surface area contributed by atoms with E-state index in [1.54, 1.807) is 18.2 Å². The largest absolute Gasteiger partial charge is 0.487 e. The summed E-state index contributed by atoms with van der Waals surface area (Å²) in [5.74, 6) is -7.32. The van der Waals surface area contributed by atoms with E-state index >= 15 is 0 Å². The number of nitrogens with zero attached hydrogens (tertiary/aromatic N) is 3. The summed E-state index contributed by atoms with van der Waals surface area (Å²) in [6.07, 6.45) is 1.06. The number of pyridine rings is 1. The predicted octanol–water partition coefficient (Wildman–Crippen LogP) is -0.294. The average Bonchev–Trinajstić information content (AvgIpc) is 3.08. The number of ether oxygens (including phenoxy) is 2. The zero-order valence-electron chi connectivity index (χ0n) is 16.8. The summed E-state index contributed by atoms with van der Waals surface area (Å²) in [5, 5.41) is 33.6. The maximum absolute atomic E-state index is 13.1. The summed E-state index contributed by atoms with van der Waals surface area (Å²) >= 11 is 0. The Kier molecular flexibility index (Phi) is 5.62. The molecule has 3 aromatic rings. The van der Waals surface area contributed by atoms with E-state index in [-0.39, 0.29) is 30.4 Å². The molecule has 0 saturated carbocycles. The summed E-state index contributed by atoms with van der Waals surface area (Å²) in [6.45, 7) is 0.270. The molecule has 0 spiro atoms. The molecular formula is C20H16BFN4O7. The van der Waals surface area contributed by atoms with Gasteiger partial charge in [0, 0.05) is 11.6 Å². The third kappa shape index (κ3) is 4.69. The molecule has 0 fully saturated rings. The number of aromatic nitrogens is 3. The minimum Gasteiger partial charge on any atom is -0.487 e. The molecule has 3 heterocycles. The number of halogens is 1. The Morgan fingerprint density at radius 1 is 1.12 bits per heavy atom. The van der Waals surface area contributed by atoms with Crippen LogP contribution >= 0.6 is 0 Å². The third-order valence-electron chi connectivity index (χ3n) is 4.72. The molecular weight excluding hydrogens is 438 g/mol. The first-order chi connectivity index (χ1) is 15.5. The Labute approximate surface area is 186 Å². The van der Waals surface area contributed by atoms with Crippen LogP contribution in [0.15, 0.2) is 53.5 Å². The van der Waals surface area contributed by atoms with E-state index in [1.807, 2.05) is 0 Å². The average molecular weight is 454 g/mol. The van der Waals surface area contributed by atoms with Crippen molar-refractivity contribution >= 4 is 19.6 Å². The number of benzene rings is 1. The highest BCUT2D eigenvalue weighted by Crippen LogP contribution is 2.30. The minimum absolute atomic E-state index is 0.0194. The van der Waals surface area contributed by atoms with E-state index in [9.17, 15) is 24.2 Å². The van der Waals surface area contributed by atoms with E-state index in [0.29, 0.717) is 28.4 Å². The number of hydrogen-bond donors (Lipinski definition) is 4. The number of fused-ring (bicyclic) bond motifs is 1. The molecule has 1 atom stereocenters. The first kappa shape index (κ1) is 22.4. The second-order valence-corrected chi connectivity index (χ2v) is 7.15. The molecule has 0 saturated heterocycles. The molecule has 2 aromatic heterocycles. The summed E-state index contributed by atoms with van der Waals surface area (Å²) in [6, 6.07) is 10.3. The SMILES string of the molecule is [B]C(O)(F)C(O)(O)Oc1ccc(COc2ccc3c(c2)CN(c2ccc(=O)[nH]n2)C3=O)nc1. The van der Waals surface area contributed by atoms with Gasteiger partial charge in [-0.25, -0.2) is 9.49 Å². The van der Waals surface area contributed by atoms with Gasteiger partial charge in [0.2, 0.25) is 5.75 Å². The van der Waals surface area contributed by atoms with Crippen LogP contribution in [0.3, 0.4) is 0 Å². The molecule has 1 amide bonds. The van der Waals surface area contributed by atoms with Crippen molar-refractivity contribution < 1.29 is 34.0 Å². The van der Waals surface area contributed by atoms with Gasteiger partial charge >= 0.3 is 5.97 Å². The summed E-state index contributed by atoms with van der Waals surface area (Å²) in [5.41, 5.74) is 1.24. The second kappa shape index (κ2) is 8.28. The molecule has 33 heavy (non-hydrogen) atoms. The van der Waals surface area contributed by atoms with E-state index in [0.717, 1.165) is 6.20 Å². The van der Waals surface area contributed by atoms with Gasteiger partial charge in [0.25, 0.3) is 11.5 Å². The number of alkyl halides is 1. The van der Waals surface area contributed by atoms with Crippen LogP contribution in [-0.4, -0.2) is 56.0 Å². The van der Waals surface area contributed by atoms with Crippen LogP contribution in [0, 0.1) is 0 Å². The maximum atomic E-state index is 13.1. The van der Waals surface area contributed by atoms with Crippen molar-refractivity contribution in [2.75, 3.05) is 4.90 Å². The zero-order chi connectivity index (χ0) is 23.8. The number of nitrogens with one attached hydrogen (secondary N) is 1. The normalized spacial score (nSPS) is 15.2. The van der Waals surface area contributed by atoms with Gasteiger partial charge in [0.1, 0.15) is 18.1 Å². The quantitative estimate of drug-likeness (QED) is 0.278. The molecule has 4 rings (SSSR count). The predicted molar refractivity (Wildman–Crippen MR) is 110 cm³/mol. The fourth-order valence-corrected chi connectivity index (χ4v) is 3.01. The topological polar surface area (TPSA) is 158 Å². The maximum Gasteiger partial charge on any atom is 0.373 e. The van der Waals surface area contributed by atoms with Crippen molar-refractivity contribution in [3.63, 3.8) is 0 Å². The van der Waals surface area contributed by atoms with Crippen LogP contribution in [0.2, 0.25) is 0 Å².